The molecule has 0 bridgehead atoms. The Bertz CT molecular complexity index is 409. The second-order valence-electron chi connectivity index (χ2n) is 2.24. The first-order valence-corrected chi connectivity index (χ1v) is 3.74. The first-order chi connectivity index (χ1) is 5.81. The third kappa shape index (κ3) is 1.03. The van der Waals surface area contributed by atoms with Crippen LogP contribution in [0.1, 0.15) is 5.69 Å². The molecule has 12 heavy (non-hydrogen) atoms. The molecular weight excluding hydrogens is 178 g/mol. The smallest absolute Gasteiger partial charge is 0.224 e. The van der Waals surface area contributed by atoms with Crippen LogP contribution in [0.4, 0.5) is 0 Å². The number of H-pyrrole nitrogens is 1. The molecule has 2 heterocycles. The Kier molecular flexibility index (Phi) is 1.67. The lowest BCUT2D eigenvalue weighted by molar-refractivity contribution is 0.984. The monoisotopic (exact) mass is 183 g/mol. The summed E-state index contributed by atoms with van der Waals surface area (Å²) in [4.78, 5) is 14.7. The molecule has 0 fully saturated rings. The van der Waals surface area contributed by atoms with Crippen LogP contribution in [0, 0.1) is 0 Å². The van der Waals surface area contributed by atoms with E-state index in [4.69, 9.17) is 17.3 Å². The van der Waals surface area contributed by atoms with Crippen molar-refractivity contribution in [1.29, 1.82) is 0 Å². The Hall–Kier alpha value is -1.20. The van der Waals surface area contributed by atoms with Gasteiger partial charge in [0.1, 0.15) is 5.52 Å². The van der Waals surface area contributed by atoms with Crippen LogP contribution in [-0.2, 0) is 6.54 Å². The van der Waals surface area contributed by atoms with Gasteiger partial charge in [0.2, 0.25) is 5.28 Å². The highest BCUT2D eigenvalue weighted by atomic mass is 35.5. The molecule has 0 aliphatic heterocycles. The van der Waals surface area contributed by atoms with Crippen LogP contribution in [0.25, 0.3) is 11.2 Å². The number of hydrogen-bond acceptors (Lipinski definition) is 4. The quantitative estimate of drug-likeness (QED) is 0.630. The molecule has 0 aliphatic carbocycles. The van der Waals surface area contributed by atoms with E-state index in [0.717, 1.165) is 0 Å². The molecule has 2 rings (SSSR count). The molecule has 5 nitrogen and oxygen atoms in total. The largest absolute Gasteiger partial charge is 0.329 e. The van der Waals surface area contributed by atoms with Crippen molar-refractivity contribution in [3.63, 3.8) is 0 Å². The maximum absolute atomic E-state index is 5.63. The zero-order valence-corrected chi connectivity index (χ0v) is 6.84. The van der Waals surface area contributed by atoms with Gasteiger partial charge >= 0.3 is 0 Å². The van der Waals surface area contributed by atoms with Crippen molar-refractivity contribution in [2.45, 2.75) is 6.54 Å². The standard InChI is InChI=1S/C6H6ClN5/c7-6-11-3(1-8)4-5(12-6)10-2-9-4/h2H,1,8H2,(H,9,10,11,12). The lowest BCUT2D eigenvalue weighted by Crippen LogP contribution is -2.02. The SMILES string of the molecule is NCc1nc(Cl)nc2[nH]cnc12. The van der Waals surface area contributed by atoms with Gasteiger partial charge in [-0.1, -0.05) is 0 Å². The predicted molar refractivity (Wildman–Crippen MR) is 44.6 cm³/mol. The molecule has 6 heteroatoms. The van der Waals surface area contributed by atoms with Crippen LogP contribution in [0.5, 0.6) is 0 Å². The fourth-order valence-electron chi connectivity index (χ4n) is 1.01. The topological polar surface area (TPSA) is 80.5 Å². The molecule has 0 unspecified atom stereocenters. The molecular formula is C6H6ClN5. The fourth-order valence-corrected chi connectivity index (χ4v) is 1.19. The third-order valence-corrected chi connectivity index (χ3v) is 1.69. The van der Waals surface area contributed by atoms with E-state index in [1.165, 1.54) is 6.33 Å². The average molecular weight is 184 g/mol. The minimum atomic E-state index is 0.187. The first-order valence-electron chi connectivity index (χ1n) is 3.37. The molecule has 0 amide bonds. The van der Waals surface area contributed by atoms with Crippen molar-refractivity contribution < 1.29 is 0 Å². The summed E-state index contributed by atoms with van der Waals surface area (Å²) in [7, 11) is 0. The number of aromatic nitrogens is 4. The summed E-state index contributed by atoms with van der Waals surface area (Å²) in [5, 5.41) is 0.187. The minimum absolute atomic E-state index is 0.187. The van der Waals surface area contributed by atoms with E-state index < -0.39 is 0 Å². The van der Waals surface area contributed by atoms with E-state index in [1.54, 1.807) is 0 Å². The number of nitrogens with one attached hydrogen (secondary N) is 1. The summed E-state index contributed by atoms with van der Waals surface area (Å²) < 4.78 is 0. The van der Waals surface area contributed by atoms with Crippen molar-refractivity contribution in [3.8, 4) is 0 Å². The molecule has 0 spiro atoms. The Labute approximate surface area is 73.0 Å². The lowest BCUT2D eigenvalue weighted by atomic mass is 10.4. The summed E-state index contributed by atoms with van der Waals surface area (Å²) in [5.74, 6) is 0. The number of nitrogens with two attached hydrogens (primary N) is 1. The summed E-state index contributed by atoms with van der Waals surface area (Å²) >= 11 is 5.63. The molecule has 0 saturated carbocycles. The summed E-state index contributed by atoms with van der Waals surface area (Å²) in [5.41, 5.74) is 7.40. The van der Waals surface area contributed by atoms with Gasteiger partial charge in [-0.25, -0.2) is 9.97 Å². The van der Waals surface area contributed by atoms with Crippen molar-refractivity contribution >= 4 is 22.8 Å². The summed E-state index contributed by atoms with van der Waals surface area (Å²) in [6, 6.07) is 0. The minimum Gasteiger partial charge on any atom is -0.329 e. The van der Waals surface area contributed by atoms with Crippen LogP contribution < -0.4 is 5.73 Å². The fraction of sp³-hybridized carbons (Fsp3) is 0.167. The maximum Gasteiger partial charge on any atom is 0.224 e. The molecule has 0 saturated heterocycles. The highest BCUT2D eigenvalue weighted by Gasteiger charge is 2.06. The zero-order valence-electron chi connectivity index (χ0n) is 6.08. The second-order valence-corrected chi connectivity index (χ2v) is 2.58. The van der Waals surface area contributed by atoms with Gasteiger partial charge in [0.15, 0.2) is 5.65 Å². The predicted octanol–water partition coefficient (Wildman–Crippen LogP) is 0.465. The molecule has 2 aromatic heterocycles. The number of rotatable bonds is 1. The Morgan fingerprint density at radius 1 is 1.50 bits per heavy atom. The van der Waals surface area contributed by atoms with Crippen molar-refractivity contribution in [2.75, 3.05) is 0 Å². The Morgan fingerprint density at radius 2 is 2.33 bits per heavy atom. The second kappa shape index (κ2) is 2.69. The summed E-state index contributed by atoms with van der Waals surface area (Å²) in [6.45, 7) is 0.309. The number of halogens is 1. The number of aromatic amines is 1. The Morgan fingerprint density at radius 3 is 3.08 bits per heavy atom. The summed E-state index contributed by atoms with van der Waals surface area (Å²) in [6.07, 6.45) is 1.54. The highest BCUT2D eigenvalue weighted by molar-refractivity contribution is 6.28. The van der Waals surface area contributed by atoms with Crippen LogP contribution in [0.2, 0.25) is 5.28 Å². The zero-order chi connectivity index (χ0) is 8.55. The van der Waals surface area contributed by atoms with Crippen LogP contribution in [0.15, 0.2) is 6.33 Å². The number of fused-ring (bicyclic) bond motifs is 1. The molecule has 62 valence electrons. The van der Waals surface area contributed by atoms with E-state index in [1.807, 2.05) is 0 Å². The Balaban J connectivity index is 2.80. The van der Waals surface area contributed by atoms with E-state index in [9.17, 15) is 0 Å². The van der Waals surface area contributed by atoms with Gasteiger partial charge in [-0.05, 0) is 11.6 Å². The van der Waals surface area contributed by atoms with Crippen molar-refractivity contribution in [2.24, 2.45) is 5.73 Å². The lowest BCUT2D eigenvalue weighted by Gasteiger charge is -1.96. The van der Waals surface area contributed by atoms with E-state index in [2.05, 4.69) is 19.9 Å². The highest BCUT2D eigenvalue weighted by Crippen LogP contribution is 2.12. The van der Waals surface area contributed by atoms with E-state index in [0.29, 0.717) is 23.4 Å². The normalized spacial score (nSPS) is 10.8. The van der Waals surface area contributed by atoms with E-state index >= 15 is 0 Å². The van der Waals surface area contributed by atoms with Crippen LogP contribution in [-0.4, -0.2) is 19.9 Å². The van der Waals surface area contributed by atoms with Gasteiger partial charge in [0.25, 0.3) is 0 Å². The maximum atomic E-state index is 5.63. The van der Waals surface area contributed by atoms with Gasteiger partial charge in [0.05, 0.1) is 12.0 Å². The average Bonchev–Trinajstić information content (AvgIpc) is 2.50. The van der Waals surface area contributed by atoms with Crippen LogP contribution in [0.3, 0.4) is 0 Å². The molecule has 0 radical (unpaired) electrons. The molecule has 0 atom stereocenters. The van der Waals surface area contributed by atoms with E-state index in [-0.39, 0.29) is 5.28 Å². The van der Waals surface area contributed by atoms with Crippen LogP contribution >= 0.6 is 11.6 Å². The molecule has 2 aromatic rings. The van der Waals surface area contributed by atoms with Gasteiger partial charge < -0.3 is 10.7 Å². The molecule has 0 aliphatic rings. The van der Waals surface area contributed by atoms with Crippen molar-refractivity contribution in [3.05, 3.63) is 17.3 Å². The van der Waals surface area contributed by atoms with Gasteiger partial charge in [-0.15, -0.1) is 0 Å². The number of imidazole rings is 1. The van der Waals surface area contributed by atoms with Crippen molar-refractivity contribution in [1.82, 2.24) is 19.9 Å². The van der Waals surface area contributed by atoms with Gasteiger partial charge in [-0.2, -0.15) is 4.98 Å². The number of nitrogens with zero attached hydrogens (tertiary/aromatic N) is 3. The van der Waals surface area contributed by atoms with Gasteiger partial charge in [-0.3, -0.25) is 0 Å². The molecule has 0 aromatic carbocycles. The first kappa shape index (κ1) is 7.45. The third-order valence-electron chi connectivity index (χ3n) is 1.52. The molecule has 3 N–H and O–H groups in total. The van der Waals surface area contributed by atoms with Gasteiger partial charge in [0, 0.05) is 6.54 Å². The number of hydrogen-bond donors (Lipinski definition) is 2.